The minimum atomic E-state index is -0.181. The van der Waals surface area contributed by atoms with Crippen molar-refractivity contribution in [1.29, 1.82) is 0 Å². The number of likely N-dealkylation sites (tertiary alicyclic amines) is 1. The number of rotatable bonds is 5. The average molecular weight is 328 g/mol. The van der Waals surface area contributed by atoms with Crippen molar-refractivity contribution < 1.29 is 9.50 Å². The Bertz CT molecular complexity index is 668. The molecule has 1 fully saturated rings. The van der Waals surface area contributed by atoms with Crippen LogP contribution in [0.4, 0.5) is 10.1 Å². The van der Waals surface area contributed by atoms with Crippen molar-refractivity contribution in [2.24, 2.45) is 0 Å². The molecule has 2 aromatic carbocycles. The van der Waals surface area contributed by atoms with Gasteiger partial charge < -0.3 is 10.4 Å². The first kappa shape index (κ1) is 16.9. The molecule has 1 aliphatic rings. The van der Waals surface area contributed by atoms with E-state index in [2.05, 4.69) is 16.3 Å². The molecule has 2 aromatic rings. The third-order valence-electron chi connectivity index (χ3n) is 4.71. The molecule has 4 heteroatoms. The van der Waals surface area contributed by atoms with E-state index in [0.717, 1.165) is 38.2 Å². The van der Waals surface area contributed by atoms with Gasteiger partial charge in [0.05, 0.1) is 12.1 Å². The van der Waals surface area contributed by atoms with Crippen LogP contribution >= 0.6 is 0 Å². The molecule has 1 saturated heterocycles. The predicted octanol–water partition coefficient (Wildman–Crippen LogP) is 3.96. The van der Waals surface area contributed by atoms with E-state index in [1.54, 1.807) is 6.07 Å². The largest absolute Gasteiger partial charge is 0.393 e. The minimum Gasteiger partial charge on any atom is -0.393 e. The number of nitrogens with one attached hydrogen (secondary N) is 1. The third kappa shape index (κ3) is 4.13. The van der Waals surface area contributed by atoms with Crippen molar-refractivity contribution in [1.82, 2.24) is 4.90 Å². The zero-order chi connectivity index (χ0) is 16.9. The number of anilines is 1. The molecule has 128 valence electrons. The summed E-state index contributed by atoms with van der Waals surface area (Å²) >= 11 is 0. The predicted molar refractivity (Wildman–Crippen MR) is 95.4 cm³/mol. The van der Waals surface area contributed by atoms with Crippen LogP contribution in [0.1, 0.15) is 36.9 Å². The molecule has 0 aromatic heterocycles. The van der Waals surface area contributed by atoms with Crippen molar-refractivity contribution in [2.75, 3.05) is 18.4 Å². The molecule has 3 nitrogen and oxygen atoms in total. The van der Waals surface area contributed by atoms with E-state index in [-0.39, 0.29) is 18.0 Å². The second-order valence-electron chi connectivity index (χ2n) is 6.55. The molecular weight excluding hydrogens is 303 g/mol. The number of hydrogen-bond acceptors (Lipinski definition) is 3. The second-order valence-corrected chi connectivity index (χ2v) is 6.55. The molecule has 0 radical (unpaired) electrons. The summed E-state index contributed by atoms with van der Waals surface area (Å²) in [7, 11) is 0. The SMILES string of the molecule is CC(Nc1ccccc1CN1CCC(O)CC1)c1ccccc1F. The van der Waals surface area contributed by atoms with Crippen LogP contribution in [0.15, 0.2) is 48.5 Å². The molecule has 1 heterocycles. The number of piperidine rings is 1. The first-order valence-electron chi connectivity index (χ1n) is 8.63. The number of aliphatic hydroxyl groups is 1. The van der Waals surface area contributed by atoms with Gasteiger partial charge in [0.1, 0.15) is 5.82 Å². The number of halogens is 1. The fraction of sp³-hybridized carbons (Fsp3) is 0.400. The van der Waals surface area contributed by atoms with E-state index in [1.165, 1.54) is 11.6 Å². The lowest BCUT2D eigenvalue weighted by Crippen LogP contribution is -2.35. The summed E-state index contributed by atoms with van der Waals surface area (Å²) in [5, 5.41) is 13.1. The van der Waals surface area contributed by atoms with Gasteiger partial charge in [-0.05, 0) is 37.5 Å². The molecule has 0 amide bonds. The van der Waals surface area contributed by atoms with Crippen molar-refractivity contribution >= 4 is 5.69 Å². The molecule has 0 spiro atoms. The molecule has 2 N–H and O–H groups in total. The molecular formula is C20H25FN2O. The first-order valence-corrected chi connectivity index (χ1v) is 8.63. The highest BCUT2D eigenvalue weighted by Crippen LogP contribution is 2.25. The maximum absolute atomic E-state index is 14.0. The van der Waals surface area contributed by atoms with Crippen LogP contribution in [-0.4, -0.2) is 29.2 Å². The second kappa shape index (κ2) is 7.77. The highest BCUT2D eigenvalue weighted by molar-refractivity contribution is 5.52. The Morgan fingerprint density at radius 1 is 1.12 bits per heavy atom. The summed E-state index contributed by atoms with van der Waals surface area (Å²) in [6, 6.07) is 15.0. The lowest BCUT2D eigenvalue weighted by atomic mass is 10.0. The molecule has 0 saturated carbocycles. The van der Waals surface area contributed by atoms with Crippen molar-refractivity contribution in [3.8, 4) is 0 Å². The Hall–Kier alpha value is -1.91. The smallest absolute Gasteiger partial charge is 0.128 e. The molecule has 1 atom stereocenters. The highest BCUT2D eigenvalue weighted by atomic mass is 19.1. The van der Waals surface area contributed by atoms with Gasteiger partial charge in [0.25, 0.3) is 0 Å². The maximum atomic E-state index is 14.0. The van der Waals surface area contributed by atoms with Crippen molar-refractivity contribution in [2.45, 2.75) is 38.5 Å². The lowest BCUT2D eigenvalue weighted by Gasteiger charge is -2.30. The van der Waals surface area contributed by atoms with E-state index >= 15 is 0 Å². The third-order valence-corrected chi connectivity index (χ3v) is 4.71. The normalized spacial score (nSPS) is 17.6. The fourth-order valence-electron chi connectivity index (χ4n) is 3.25. The van der Waals surface area contributed by atoms with Gasteiger partial charge in [0, 0.05) is 30.9 Å². The number of benzene rings is 2. The van der Waals surface area contributed by atoms with Gasteiger partial charge in [0.2, 0.25) is 0 Å². The van der Waals surface area contributed by atoms with Crippen LogP contribution in [-0.2, 0) is 6.54 Å². The van der Waals surface area contributed by atoms with Gasteiger partial charge in [0.15, 0.2) is 0 Å². The Labute approximate surface area is 143 Å². The topological polar surface area (TPSA) is 35.5 Å². The zero-order valence-electron chi connectivity index (χ0n) is 14.1. The lowest BCUT2D eigenvalue weighted by molar-refractivity contribution is 0.0793. The summed E-state index contributed by atoms with van der Waals surface area (Å²) < 4.78 is 14.0. The number of hydrogen-bond donors (Lipinski definition) is 2. The van der Waals surface area contributed by atoms with Gasteiger partial charge in [-0.15, -0.1) is 0 Å². The van der Waals surface area contributed by atoms with Gasteiger partial charge in [-0.1, -0.05) is 36.4 Å². The molecule has 1 aliphatic heterocycles. The fourth-order valence-corrected chi connectivity index (χ4v) is 3.25. The van der Waals surface area contributed by atoms with E-state index in [0.29, 0.717) is 5.56 Å². The highest BCUT2D eigenvalue weighted by Gasteiger charge is 2.18. The Morgan fingerprint density at radius 2 is 1.79 bits per heavy atom. The number of nitrogens with zero attached hydrogens (tertiary/aromatic N) is 1. The first-order chi connectivity index (χ1) is 11.6. The summed E-state index contributed by atoms with van der Waals surface area (Å²) in [6.45, 7) is 4.66. The van der Waals surface area contributed by atoms with Crippen molar-refractivity contribution in [3.05, 3.63) is 65.5 Å². The van der Waals surface area contributed by atoms with Crippen LogP contribution in [0, 0.1) is 5.82 Å². The summed E-state index contributed by atoms with van der Waals surface area (Å²) in [5.41, 5.74) is 2.92. The minimum absolute atomic E-state index is 0.101. The summed E-state index contributed by atoms with van der Waals surface area (Å²) in [6.07, 6.45) is 1.51. The molecule has 0 aliphatic carbocycles. The van der Waals surface area contributed by atoms with Gasteiger partial charge in [-0.25, -0.2) is 4.39 Å². The summed E-state index contributed by atoms with van der Waals surface area (Å²) in [5.74, 6) is -0.181. The number of aliphatic hydroxyl groups excluding tert-OH is 1. The Kier molecular flexibility index (Phi) is 5.48. The van der Waals surface area contributed by atoms with E-state index in [9.17, 15) is 9.50 Å². The Morgan fingerprint density at radius 3 is 2.54 bits per heavy atom. The molecule has 3 rings (SSSR count). The van der Waals surface area contributed by atoms with Gasteiger partial charge in [-0.2, -0.15) is 0 Å². The molecule has 24 heavy (non-hydrogen) atoms. The average Bonchev–Trinajstić information content (AvgIpc) is 2.59. The van der Waals surface area contributed by atoms with Crippen molar-refractivity contribution in [3.63, 3.8) is 0 Å². The van der Waals surface area contributed by atoms with E-state index in [1.807, 2.05) is 37.3 Å². The van der Waals surface area contributed by atoms with Gasteiger partial charge >= 0.3 is 0 Å². The van der Waals surface area contributed by atoms with E-state index < -0.39 is 0 Å². The monoisotopic (exact) mass is 328 g/mol. The van der Waals surface area contributed by atoms with Crippen LogP contribution in [0.3, 0.4) is 0 Å². The maximum Gasteiger partial charge on any atom is 0.128 e. The number of para-hydroxylation sites is 1. The Balaban J connectivity index is 1.71. The standard InChI is InChI=1S/C20H25FN2O/c1-15(18-7-3-4-8-19(18)21)22-20-9-5-2-6-16(20)14-23-12-10-17(24)11-13-23/h2-9,15,17,22,24H,10-14H2,1H3. The van der Waals surface area contributed by atoms with E-state index in [4.69, 9.17) is 0 Å². The van der Waals surface area contributed by atoms with Crippen LogP contribution in [0.2, 0.25) is 0 Å². The zero-order valence-corrected chi connectivity index (χ0v) is 14.1. The van der Waals surface area contributed by atoms with Crippen LogP contribution in [0.25, 0.3) is 0 Å². The molecule has 1 unspecified atom stereocenters. The molecule has 0 bridgehead atoms. The van der Waals surface area contributed by atoms with Crippen LogP contribution in [0.5, 0.6) is 0 Å². The van der Waals surface area contributed by atoms with Crippen LogP contribution < -0.4 is 5.32 Å². The quantitative estimate of drug-likeness (QED) is 0.872. The van der Waals surface area contributed by atoms with Gasteiger partial charge in [-0.3, -0.25) is 4.90 Å². The summed E-state index contributed by atoms with van der Waals surface area (Å²) in [4.78, 5) is 2.36.